The van der Waals surface area contributed by atoms with Crippen LogP contribution in [0.5, 0.6) is 11.5 Å². The van der Waals surface area contributed by atoms with Crippen molar-refractivity contribution >= 4 is 162 Å². The number of hydrogen-bond acceptors (Lipinski definition) is 2. The fourth-order valence-corrected chi connectivity index (χ4v) is 6.30. The standard InChI is InChI=1S/C20H4Cl14O2/c21-5-3(1-35-19-15(31)11(27)9(25)12(28)16(19)32)6(22)8(24)4(7(5)23)2-36-20-17(33)13(29)10(26)14(30)18(20)34/h1-2H2. The average molecular weight is 773 g/mol. The highest BCUT2D eigenvalue weighted by molar-refractivity contribution is 6.57. The van der Waals surface area contributed by atoms with Crippen LogP contribution < -0.4 is 9.47 Å². The molecule has 0 aliphatic heterocycles. The minimum Gasteiger partial charge on any atom is -0.486 e. The van der Waals surface area contributed by atoms with E-state index < -0.39 is 0 Å². The lowest BCUT2D eigenvalue weighted by atomic mass is 10.1. The molecule has 0 saturated heterocycles. The van der Waals surface area contributed by atoms with Crippen molar-refractivity contribution in [3.05, 3.63) is 81.4 Å². The van der Waals surface area contributed by atoms with Crippen LogP contribution in [0.25, 0.3) is 0 Å². The zero-order valence-electron chi connectivity index (χ0n) is 16.5. The van der Waals surface area contributed by atoms with Gasteiger partial charge in [0.15, 0.2) is 11.5 Å². The van der Waals surface area contributed by atoms with Gasteiger partial charge in [-0.05, 0) is 0 Å². The molecule has 194 valence electrons. The Bertz CT molecular complexity index is 1200. The Morgan fingerprint density at radius 2 is 0.472 bits per heavy atom. The van der Waals surface area contributed by atoms with Gasteiger partial charge >= 0.3 is 0 Å². The molecule has 0 spiro atoms. The van der Waals surface area contributed by atoms with Crippen molar-refractivity contribution in [2.75, 3.05) is 0 Å². The van der Waals surface area contributed by atoms with Gasteiger partial charge in [-0.25, -0.2) is 0 Å². The lowest BCUT2D eigenvalue weighted by Gasteiger charge is -2.19. The van der Waals surface area contributed by atoms with E-state index >= 15 is 0 Å². The van der Waals surface area contributed by atoms with Crippen molar-refractivity contribution in [3.63, 3.8) is 0 Å². The third kappa shape index (κ3) is 5.99. The van der Waals surface area contributed by atoms with Gasteiger partial charge in [-0.3, -0.25) is 0 Å². The monoisotopic (exact) mass is 766 g/mol. The molecule has 0 saturated carbocycles. The minimum atomic E-state index is -0.272. The average Bonchev–Trinajstić information content (AvgIpc) is 2.86. The fraction of sp³-hybridized carbons (Fsp3) is 0.100. The predicted molar refractivity (Wildman–Crippen MR) is 158 cm³/mol. The van der Waals surface area contributed by atoms with E-state index in [1.54, 1.807) is 0 Å². The van der Waals surface area contributed by atoms with Gasteiger partial charge in [0.05, 0.1) is 50.2 Å². The van der Waals surface area contributed by atoms with Crippen LogP contribution in [0.15, 0.2) is 0 Å². The van der Waals surface area contributed by atoms with Gasteiger partial charge in [0.1, 0.15) is 33.3 Å². The zero-order valence-corrected chi connectivity index (χ0v) is 27.1. The van der Waals surface area contributed by atoms with E-state index in [-0.39, 0.29) is 106 Å². The topological polar surface area (TPSA) is 18.5 Å². The molecule has 0 aromatic heterocycles. The van der Waals surface area contributed by atoms with E-state index in [9.17, 15) is 0 Å². The first-order valence-corrected chi connectivity index (χ1v) is 14.1. The molecule has 0 fully saturated rings. The smallest absolute Gasteiger partial charge is 0.160 e. The molecule has 0 aliphatic rings. The summed E-state index contributed by atoms with van der Waals surface area (Å²) in [4.78, 5) is 0. The molecule has 16 heteroatoms. The molecule has 36 heavy (non-hydrogen) atoms. The van der Waals surface area contributed by atoms with Crippen LogP contribution in [0.3, 0.4) is 0 Å². The molecule has 0 heterocycles. The summed E-state index contributed by atoms with van der Waals surface area (Å²) in [5.41, 5.74) is 0.417. The van der Waals surface area contributed by atoms with Crippen LogP contribution >= 0.6 is 162 Å². The summed E-state index contributed by atoms with van der Waals surface area (Å²) in [5, 5.41) is -0.526. The molecule has 0 atom stereocenters. The van der Waals surface area contributed by atoms with Crippen molar-refractivity contribution in [1.29, 1.82) is 0 Å². The summed E-state index contributed by atoms with van der Waals surface area (Å²) in [5.74, 6) is -0.101. The van der Waals surface area contributed by atoms with Crippen LogP contribution in [-0.4, -0.2) is 0 Å². The Hall–Kier alpha value is 1.32. The zero-order chi connectivity index (χ0) is 27.2. The third-order valence-electron chi connectivity index (χ3n) is 4.51. The van der Waals surface area contributed by atoms with Crippen LogP contribution in [0.4, 0.5) is 0 Å². The van der Waals surface area contributed by atoms with Gasteiger partial charge in [-0.2, -0.15) is 0 Å². The Labute approximate surface area is 275 Å². The van der Waals surface area contributed by atoms with Gasteiger partial charge in [-0.15, -0.1) is 0 Å². The summed E-state index contributed by atoms with van der Waals surface area (Å²) >= 11 is 86.9. The Morgan fingerprint density at radius 1 is 0.278 bits per heavy atom. The first-order chi connectivity index (χ1) is 16.7. The number of rotatable bonds is 6. The van der Waals surface area contributed by atoms with Gasteiger partial charge in [0.25, 0.3) is 0 Å². The van der Waals surface area contributed by atoms with E-state index in [0.29, 0.717) is 0 Å². The second-order valence-electron chi connectivity index (χ2n) is 6.59. The van der Waals surface area contributed by atoms with Crippen molar-refractivity contribution < 1.29 is 9.47 Å². The van der Waals surface area contributed by atoms with E-state index in [2.05, 4.69) is 0 Å². The molecule has 2 nitrogen and oxygen atoms in total. The van der Waals surface area contributed by atoms with E-state index in [1.165, 1.54) is 0 Å². The lowest BCUT2D eigenvalue weighted by molar-refractivity contribution is 0.303. The SMILES string of the molecule is Clc1c(Cl)c(Cl)c(OCc2c(Cl)c(Cl)c(COc3c(Cl)c(Cl)c(Cl)c(Cl)c3Cl)c(Cl)c2Cl)c(Cl)c1Cl. The second-order valence-corrected chi connectivity index (χ2v) is 11.9. The summed E-state index contributed by atoms with van der Waals surface area (Å²) < 4.78 is 11.4. The summed E-state index contributed by atoms with van der Waals surface area (Å²) in [6, 6.07) is 0. The van der Waals surface area contributed by atoms with E-state index in [0.717, 1.165) is 0 Å². The highest BCUT2D eigenvalue weighted by Gasteiger charge is 2.26. The number of ether oxygens (including phenoxy) is 2. The fourth-order valence-electron chi connectivity index (χ4n) is 2.69. The lowest BCUT2D eigenvalue weighted by Crippen LogP contribution is -2.05. The molecule has 0 unspecified atom stereocenters. The molecule has 0 radical (unpaired) electrons. The van der Waals surface area contributed by atoms with Crippen LogP contribution in [-0.2, 0) is 13.2 Å². The van der Waals surface area contributed by atoms with Crippen molar-refractivity contribution in [1.82, 2.24) is 0 Å². The maximum absolute atomic E-state index is 6.46. The summed E-state index contributed by atoms with van der Waals surface area (Å²) in [7, 11) is 0. The Morgan fingerprint density at radius 3 is 0.694 bits per heavy atom. The maximum atomic E-state index is 6.46. The van der Waals surface area contributed by atoms with Crippen LogP contribution in [0.1, 0.15) is 11.1 Å². The quantitative estimate of drug-likeness (QED) is 0.184. The third-order valence-corrected chi connectivity index (χ3v) is 10.9. The Kier molecular flexibility index (Phi) is 11.4. The highest BCUT2D eigenvalue weighted by atomic mass is 35.5. The summed E-state index contributed by atoms with van der Waals surface area (Å²) in [6.07, 6.45) is 0. The molecular weight excluding hydrogens is 769 g/mol. The van der Waals surface area contributed by atoms with E-state index in [4.69, 9.17) is 172 Å². The normalized spacial score (nSPS) is 11.3. The summed E-state index contributed by atoms with van der Waals surface area (Å²) in [6.45, 7) is -0.544. The molecule has 0 amide bonds. The Balaban J connectivity index is 1.95. The maximum Gasteiger partial charge on any atom is 0.160 e. The number of halogens is 14. The molecule has 3 rings (SSSR count). The highest BCUT2D eigenvalue weighted by Crippen LogP contribution is 2.51. The van der Waals surface area contributed by atoms with Gasteiger partial charge < -0.3 is 9.47 Å². The first kappa shape index (κ1) is 31.8. The van der Waals surface area contributed by atoms with Crippen molar-refractivity contribution in [3.8, 4) is 11.5 Å². The second kappa shape index (κ2) is 12.9. The molecule has 0 aliphatic carbocycles. The van der Waals surface area contributed by atoms with Crippen molar-refractivity contribution in [2.24, 2.45) is 0 Å². The van der Waals surface area contributed by atoms with Gasteiger partial charge in [0.2, 0.25) is 0 Å². The van der Waals surface area contributed by atoms with Crippen LogP contribution in [0.2, 0.25) is 70.3 Å². The van der Waals surface area contributed by atoms with Gasteiger partial charge in [0, 0.05) is 11.1 Å². The van der Waals surface area contributed by atoms with Gasteiger partial charge in [-0.1, -0.05) is 162 Å². The molecule has 3 aromatic carbocycles. The minimum absolute atomic E-state index is 0.00688. The molecular formula is C20H4Cl14O2. The molecule has 0 bridgehead atoms. The van der Waals surface area contributed by atoms with Crippen LogP contribution in [0, 0.1) is 0 Å². The van der Waals surface area contributed by atoms with E-state index in [1.807, 2.05) is 0 Å². The largest absolute Gasteiger partial charge is 0.486 e. The first-order valence-electron chi connectivity index (χ1n) is 8.84. The number of benzene rings is 3. The number of hydrogen-bond donors (Lipinski definition) is 0. The predicted octanol–water partition coefficient (Wildman–Crippen LogP) is 14.0. The van der Waals surface area contributed by atoms with Crippen molar-refractivity contribution in [2.45, 2.75) is 13.2 Å². The molecule has 0 N–H and O–H groups in total. The molecule has 3 aromatic rings.